The molecule has 2 aliphatic rings. The van der Waals surface area contributed by atoms with Gasteiger partial charge in [-0.15, -0.1) is 0 Å². The van der Waals surface area contributed by atoms with Crippen molar-refractivity contribution in [1.82, 2.24) is 25.0 Å². The lowest BCUT2D eigenvalue weighted by molar-refractivity contribution is -0.136. The van der Waals surface area contributed by atoms with E-state index in [1.807, 2.05) is 35.2 Å². The summed E-state index contributed by atoms with van der Waals surface area (Å²) < 4.78 is 1.69. The van der Waals surface area contributed by atoms with E-state index in [-0.39, 0.29) is 35.8 Å². The molecule has 1 aromatic heterocycles. The van der Waals surface area contributed by atoms with Crippen LogP contribution < -0.4 is 11.0 Å². The van der Waals surface area contributed by atoms with Gasteiger partial charge in [-0.05, 0) is 18.4 Å². The summed E-state index contributed by atoms with van der Waals surface area (Å²) in [6.07, 6.45) is 1.81. The first-order chi connectivity index (χ1) is 13.1. The van der Waals surface area contributed by atoms with Crippen LogP contribution in [0.25, 0.3) is 0 Å². The summed E-state index contributed by atoms with van der Waals surface area (Å²) in [6, 6.07) is 9.82. The van der Waals surface area contributed by atoms with Gasteiger partial charge in [0.25, 0.3) is 0 Å². The highest BCUT2D eigenvalue weighted by atomic mass is 16.2. The Hall–Kier alpha value is -2.90. The Morgan fingerprint density at radius 2 is 1.89 bits per heavy atom. The quantitative estimate of drug-likeness (QED) is 0.818. The Morgan fingerprint density at radius 1 is 1.15 bits per heavy atom. The molecule has 2 saturated heterocycles. The van der Waals surface area contributed by atoms with Gasteiger partial charge in [0.15, 0.2) is 0 Å². The van der Waals surface area contributed by atoms with Gasteiger partial charge >= 0.3 is 5.69 Å². The van der Waals surface area contributed by atoms with E-state index in [1.165, 1.54) is 0 Å². The van der Waals surface area contributed by atoms with Gasteiger partial charge in [-0.3, -0.25) is 14.2 Å². The minimum absolute atomic E-state index is 0.0512. The molecule has 0 spiro atoms. The highest BCUT2D eigenvalue weighted by Gasteiger charge is 2.34. The van der Waals surface area contributed by atoms with Crippen LogP contribution in [0.15, 0.2) is 35.1 Å². The van der Waals surface area contributed by atoms with E-state index >= 15 is 0 Å². The summed E-state index contributed by atoms with van der Waals surface area (Å²) in [5.74, 6) is 0.657. The SMILES string of the molecule is O=C1CC(C(=O)N2CCC(c3n[nH]c(=O)n3Cc3ccccc3)CC2)CN1. The smallest absolute Gasteiger partial charge is 0.343 e. The molecule has 2 aliphatic heterocycles. The monoisotopic (exact) mass is 369 g/mol. The maximum atomic E-state index is 12.6. The molecule has 1 aromatic carbocycles. The second-order valence-corrected chi connectivity index (χ2v) is 7.26. The van der Waals surface area contributed by atoms with E-state index in [2.05, 4.69) is 15.5 Å². The summed E-state index contributed by atoms with van der Waals surface area (Å²) >= 11 is 0. The highest BCUT2D eigenvalue weighted by Crippen LogP contribution is 2.27. The largest absolute Gasteiger partial charge is 0.355 e. The molecule has 142 valence electrons. The van der Waals surface area contributed by atoms with Crippen LogP contribution in [0.3, 0.4) is 0 Å². The molecule has 2 amide bonds. The molecular weight excluding hydrogens is 346 g/mol. The average Bonchev–Trinajstić information content (AvgIpc) is 3.29. The molecule has 2 N–H and O–H groups in total. The maximum Gasteiger partial charge on any atom is 0.343 e. The van der Waals surface area contributed by atoms with Crippen molar-refractivity contribution in [2.75, 3.05) is 19.6 Å². The van der Waals surface area contributed by atoms with Crippen molar-refractivity contribution in [1.29, 1.82) is 0 Å². The minimum Gasteiger partial charge on any atom is -0.355 e. The van der Waals surface area contributed by atoms with Crippen LogP contribution in [-0.2, 0) is 16.1 Å². The van der Waals surface area contributed by atoms with Crippen LogP contribution in [0.1, 0.15) is 36.6 Å². The van der Waals surface area contributed by atoms with Gasteiger partial charge in [0.05, 0.1) is 12.5 Å². The van der Waals surface area contributed by atoms with Gasteiger partial charge < -0.3 is 10.2 Å². The summed E-state index contributed by atoms with van der Waals surface area (Å²) in [4.78, 5) is 37.9. The number of hydrogen-bond donors (Lipinski definition) is 2. The van der Waals surface area contributed by atoms with Crippen LogP contribution in [0.2, 0.25) is 0 Å². The van der Waals surface area contributed by atoms with Crippen molar-refractivity contribution >= 4 is 11.8 Å². The maximum absolute atomic E-state index is 12.6. The average molecular weight is 369 g/mol. The zero-order chi connectivity index (χ0) is 18.8. The van der Waals surface area contributed by atoms with E-state index in [1.54, 1.807) is 4.57 Å². The number of carbonyl (C=O) groups excluding carboxylic acids is 2. The lowest BCUT2D eigenvalue weighted by Gasteiger charge is -2.33. The molecule has 27 heavy (non-hydrogen) atoms. The number of piperidine rings is 1. The van der Waals surface area contributed by atoms with Crippen LogP contribution >= 0.6 is 0 Å². The van der Waals surface area contributed by atoms with E-state index in [0.29, 0.717) is 26.2 Å². The third-order valence-electron chi connectivity index (χ3n) is 5.47. The number of aromatic nitrogens is 3. The van der Waals surface area contributed by atoms with Crippen LogP contribution in [0.5, 0.6) is 0 Å². The Labute approximate surface area is 156 Å². The summed E-state index contributed by atoms with van der Waals surface area (Å²) in [5.41, 5.74) is 0.844. The Morgan fingerprint density at radius 3 is 2.56 bits per heavy atom. The third-order valence-corrected chi connectivity index (χ3v) is 5.47. The number of aromatic amines is 1. The van der Waals surface area contributed by atoms with E-state index < -0.39 is 0 Å². The normalized spacial score (nSPS) is 20.7. The van der Waals surface area contributed by atoms with Crippen molar-refractivity contribution in [3.8, 4) is 0 Å². The number of nitrogens with one attached hydrogen (secondary N) is 2. The molecule has 8 heteroatoms. The van der Waals surface area contributed by atoms with Gasteiger partial charge in [0.1, 0.15) is 5.82 Å². The van der Waals surface area contributed by atoms with Gasteiger partial charge in [-0.2, -0.15) is 5.10 Å². The standard InChI is InChI=1S/C19H23N5O3/c25-16-10-15(11-20-16)18(26)23-8-6-14(7-9-23)17-21-22-19(27)24(17)12-13-4-2-1-3-5-13/h1-5,14-15H,6-12H2,(H,20,25)(H,22,27). The van der Waals surface area contributed by atoms with Crippen molar-refractivity contribution in [3.05, 3.63) is 52.2 Å². The van der Waals surface area contributed by atoms with Gasteiger partial charge in [0, 0.05) is 32.0 Å². The molecule has 0 saturated carbocycles. The molecule has 1 unspecified atom stereocenters. The summed E-state index contributed by atoms with van der Waals surface area (Å²) in [7, 11) is 0. The second kappa shape index (κ2) is 7.38. The van der Waals surface area contributed by atoms with Gasteiger partial charge in [0.2, 0.25) is 11.8 Å². The number of H-pyrrole nitrogens is 1. The predicted molar refractivity (Wildman–Crippen MR) is 98.1 cm³/mol. The second-order valence-electron chi connectivity index (χ2n) is 7.26. The number of hydrogen-bond acceptors (Lipinski definition) is 4. The van der Waals surface area contributed by atoms with Crippen LogP contribution in [0.4, 0.5) is 0 Å². The van der Waals surface area contributed by atoms with E-state index in [0.717, 1.165) is 24.2 Å². The lowest BCUT2D eigenvalue weighted by atomic mass is 9.94. The predicted octanol–water partition coefficient (Wildman–Crippen LogP) is 0.462. The molecule has 8 nitrogen and oxygen atoms in total. The molecule has 0 aliphatic carbocycles. The van der Waals surface area contributed by atoms with Gasteiger partial charge in [-0.1, -0.05) is 30.3 Å². The van der Waals surface area contributed by atoms with Crippen molar-refractivity contribution in [3.63, 3.8) is 0 Å². The zero-order valence-electron chi connectivity index (χ0n) is 15.1. The molecule has 3 heterocycles. The number of carbonyl (C=O) groups is 2. The zero-order valence-corrected chi connectivity index (χ0v) is 15.1. The first kappa shape index (κ1) is 17.5. The fraction of sp³-hybridized carbons (Fsp3) is 0.474. The fourth-order valence-electron chi connectivity index (χ4n) is 3.96. The molecule has 0 bridgehead atoms. The first-order valence-corrected chi connectivity index (χ1v) is 9.36. The molecule has 4 rings (SSSR count). The summed E-state index contributed by atoms with van der Waals surface area (Å²) in [5, 5.41) is 9.55. The van der Waals surface area contributed by atoms with Crippen LogP contribution in [-0.4, -0.2) is 51.1 Å². The topological polar surface area (TPSA) is 100 Å². The lowest BCUT2D eigenvalue weighted by Crippen LogP contribution is -2.42. The van der Waals surface area contributed by atoms with Crippen molar-refractivity contribution < 1.29 is 9.59 Å². The Bertz CT molecular complexity index is 880. The third kappa shape index (κ3) is 3.65. The van der Waals surface area contributed by atoms with Crippen molar-refractivity contribution in [2.24, 2.45) is 5.92 Å². The highest BCUT2D eigenvalue weighted by molar-refractivity contribution is 5.89. The molecule has 0 radical (unpaired) electrons. The molecule has 2 aromatic rings. The number of rotatable bonds is 4. The minimum atomic E-state index is -0.240. The van der Waals surface area contributed by atoms with Crippen molar-refractivity contribution in [2.45, 2.75) is 31.7 Å². The van der Waals surface area contributed by atoms with E-state index in [9.17, 15) is 14.4 Å². The Kier molecular flexibility index (Phi) is 4.79. The number of likely N-dealkylation sites (tertiary alicyclic amines) is 1. The first-order valence-electron chi connectivity index (χ1n) is 9.36. The number of amides is 2. The van der Waals surface area contributed by atoms with Gasteiger partial charge in [-0.25, -0.2) is 9.89 Å². The van der Waals surface area contributed by atoms with Crippen LogP contribution in [0, 0.1) is 5.92 Å². The molecule has 1 atom stereocenters. The van der Waals surface area contributed by atoms with E-state index in [4.69, 9.17) is 0 Å². The number of benzene rings is 1. The number of nitrogens with zero attached hydrogens (tertiary/aromatic N) is 3. The summed E-state index contributed by atoms with van der Waals surface area (Å²) in [6.45, 7) is 2.18. The molecular formula is C19H23N5O3. The Balaban J connectivity index is 1.42. The fourth-order valence-corrected chi connectivity index (χ4v) is 3.96. The molecule has 2 fully saturated rings.